The van der Waals surface area contributed by atoms with E-state index in [4.69, 9.17) is 5.73 Å². The Bertz CT molecular complexity index is 1770. The third-order valence-electron chi connectivity index (χ3n) is 9.36. The Morgan fingerprint density at radius 2 is 1.65 bits per heavy atom. The van der Waals surface area contributed by atoms with Crippen molar-refractivity contribution in [2.75, 3.05) is 42.1 Å². The van der Waals surface area contributed by atoms with Gasteiger partial charge in [-0.25, -0.2) is 0 Å². The van der Waals surface area contributed by atoms with E-state index in [9.17, 15) is 29.1 Å². The highest BCUT2D eigenvalue weighted by molar-refractivity contribution is 6.06. The van der Waals surface area contributed by atoms with Crippen molar-refractivity contribution >= 4 is 46.7 Å². The molecule has 5 amide bonds. The standard InChI is InChI=1S/C35H40N8O6/c36-33-28(20-26(39-40-33)23-8-5-6-11-29(23)44)41-16-18-42(19-17-41)32(47)13-4-2-1-3-12-30(45)37-25-10-7-9-22-24(25)21-43(35(22)49)27-14-15-31(46)38-34(27)48/h5-11,20,27,44H,1-4,12-19,21H2,(H2,36,40)(H,37,45)(H,38,46,48). The molecule has 0 radical (unpaired) electrons. The van der Waals surface area contributed by atoms with Gasteiger partial charge in [-0.15, -0.1) is 10.2 Å². The summed E-state index contributed by atoms with van der Waals surface area (Å²) in [5.74, 6) is -0.746. The zero-order valence-electron chi connectivity index (χ0n) is 27.2. The van der Waals surface area contributed by atoms with E-state index in [0.717, 1.165) is 24.9 Å². The number of carbonyl (C=O) groups excluding carboxylic acids is 5. The Balaban J connectivity index is 0.900. The van der Waals surface area contributed by atoms with E-state index in [1.165, 1.54) is 4.90 Å². The van der Waals surface area contributed by atoms with E-state index >= 15 is 0 Å². The molecular formula is C35H40N8O6. The summed E-state index contributed by atoms with van der Waals surface area (Å²) in [7, 11) is 0. The van der Waals surface area contributed by atoms with Gasteiger partial charge in [0, 0.05) is 74.4 Å². The van der Waals surface area contributed by atoms with E-state index in [0.29, 0.717) is 79.3 Å². The molecule has 4 heterocycles. The van der Waals surface area contributed by atoms with Crippen LogP contribution in [0, 0.1) is 0 Å². The van der Waals surface area contributed by atoms with Gasteiger partial charge in [0.2, 0.25) is 23.6 Å². The number of unbranched alkanes of at least 4 members (excludes halogenated alkanes) is 3. The Kier molecular flexibility index (Phi) is 10.0. The number of nitrogens with zero attached hydrogens (tertiary/aromatic N) is 5. The molecule has 1 aromatic heterocycles. The fraction of sp³-hybridized carbons (Fsp3) is 0.400. The average Bonchev–Trinajstić information content (AvgIpc) is 3.43. The van der Waals surface area contributed by atoms with Gasteiger partial charge in [0.1, 0.15) is 11.8 Å². The number of nitrogens with one attached hydrogen (secondary N) is 2. The summed E-state index contributed by atoms with van der Waals surface area (Å²) in [6, 6.07) is 13.2. The summed E-state index contributed by atoms with van der Waals surface area (Å²) in [6.45, 7) is 2.52. The number of anilines is 3. The highest BCUT2D eigenvalue weighted by Gasteiger charge is 2.40. The average molecular weight is 669 g/mol. The number of carbonyl (C=O) groups is 5. The number of piperazine rings is 1. The van der Waals surface area contributed by atoms with Crippen LogP contribution in [0.15, 0.2) is 48.5 Å². The minimum Gasteiger partial charge on any atom is -0.507 e. The maximum Gasteiger partial charge on any atom is 0.255 e. The number of aromatic nitrogens is 2. The molecule has 5 N–H and O–H groups in total. The van der Waals surface area contributed by atoms with Gasteiger partial charge in [-0.1, -0.05) is 31.0 Å². The summed E-state index contributed by atoms with van der Waals surface area (Å²) in [4.78, 5) is 68.0. The minimum atomic E-state index is -0.716. The number of nitrogen functional groups attached to an aromatic ring is 1. The van der Waals surface area contributed by atoms with Crippen LogP contribution in [0.5, 0.6) is 5.75 Å². The van der Waals surface area contributed by atoms with Crippen LogP contribution < -0.4 is 21.3 Å². The second-order valence-corrected chi connectivity index (χ2v) is 12.6. The van der Waals surface area contributed by atoms with Gasteiger partial charge in [0.05, 0.1) is 11.4 Å². The molecular weight excluding hydrogens is 628 g/mol. The molecule has 2 saturated heterocycles. The van der Waals surface area contributed by atoms with E-state index in [1.54, 1.807) is 36.4 Å². The molecule has 0 bridgehead atoms. The van der Waals surface area contributed by atoms with E-state index < -0.39 is 11.9 Å². The molecule has 2 fully saturated rings. The molecule has 0 saturated carbocycles. The number of nitrogens with two attached hydrogens (primary N) is 1. The monoisotopic (exact) mass is 668 g/mol. The molecule has 256 valence electrons. The van der Waals surface area contributed by atoms with Crippen LogP contribution in [0.4, 0.5) is 17.2 Å². The lowest BCUT2D eigenvalue weighted by molar-refractivity contribution is -0.137. The second kappa shape index (κ2) is 14.7. The first-order chi connectivity index (χ1) is 23.7. The summed E-state index contributed by atoms with van der Waals surface area (Å²) in [6.07, 6.45) is 4.23. The van der Waals surface area contributed by atoms with Crippen molar-refractivity contribution in [3.8, 4) is 17.0 Å². The number of fused-ring (bicyclic) bond motifs is 1. The lowest BCUT2D eigenvalue weighted by atomic mass is 10.0. The first-order valence-corrected chi connectivity index (χ1v) is 16.7. The van der Waals surface area contributed by atoms with Crippen molar-refractivity contribution in [2.45, 2.75) is 64.0 Å². The fourth-order valence-corrected chi connectivity index (χ4v) is 6.65. The molecule has 3 aliphatic heterocycles. The van der Waals surface area contributed by atoms with Crippen molar-refractivity contribution < 1.29 is 29.1 Å². The predicted molar refractivity (Wildman–Crippen MR) is 181 cm³/mol. The summed E-state index contributed by atoms with van der Waals surface area (Å²) in [5.41, 5.74) is 9.63. The van der Waals surface area contributed by atoms with Gasteiger partial charge >= 0.3 is 0 Å². The zero-order chi connectivity index (χ0) is 34.5. The number of hydrogen-bond acceptors (Lipinski definition) is 10. The fourth-order valence-electron chi connectivity index (χ4n) is 6.65. The normalized spacial score (nSPS) is 17.6. The third-order valence-corrected chi connectivity index (χ3v) is 9.36. The summed E-state index contributed by atoms with van der Waals surface area (Å²) >= 11 is 0. The third kappa shape index (κ3) is 7.47. The molecule has 2 aromatic carbocycles. The Morgan fingerprint density at radius 1 is 0.918 bits per heavy atom. The zero-order valence-corrected chi connectivity index (χ0v) is 27.2. The van der Waals surface area contributed by atoms with Crippen LogP contribution in [0.3, 0.4) is 0 Å². The van der Waals surface area contributed by atoms with Gasteiger partial charge in [0.15, 0.2) is 5.82 Å². The number of imide groups is 1. The van der Waals surface area contributed by atoms with Crippen molar-refractivity contribution in [3.63, 3.8) is 0 Å². The molecule has 0 aliphatic carbocycles. The summed E-state index contributed by atoms with van der Waals surface area (Å²) < 4.78 is 0. The van der Waals surface area contributed by atoms with Crippen LogP contribution in [0.2, 0.25) is 0 Å². The molecule has 49 heavy (non-hydrogen) atoms. The molecule has 6 rings (SSSR count). The topological polar surface area (TPSA) is 191 Å². The number of phenols is 1. The lowest BCUT2D eigenvalue weighted by Crippen LogP contribution is -2.52. The van der Waals surface area contributed by atoms with Crippen molar-refractivity contribution in [2.24, 2.45) is 0 Å². The number of piperidine rings is 1. The quantitative estimate of drug-likeness (QED) is 0.175. The Labute approximate surface area is 283 Å². The smallest absolute Gasteiger partial charge is 0.255 e. The predicted octanol–water partition coefficient (Wildman–Crippen LogP) is 2.82. The number of benzene rings is 2. The maximum atomic E-state index is 13.0. The van der Waals surface area contributed by atoms with Crippen molar-refractivity contribution in [3.05, 3.63) is 59.7 Å². The number of rotatable bonds is 11. The highest BCUT2D eigenvalue weighted by atomic mass is 16.3. The van der Waals surface area contributed by atoms with Crippen LogP contribution in [-0.2, 0) is 25.7 Å². The molecule has 3 aliphatic rings. The molecule has 3 aromatic rings. The van der Waals surface area contributed by atoms with Crippen LogP contribution >= 0.6 is 0 Å². The van der Waals surface area contributed by atoms with Crippen molar-refractivity contribution in [1.29, 1.82) is 0 Å². The Hall–Kier alpha value is -5.53. The van der Waals surface area contributed by atoms with Crippen LogP contribution in [0.1, 0.15) is 67.3 Å². The first kappa shape index (κ1) is 33.4. The molecule has 1 atom stereocenters. The van der Waals surface area contributed by atoms with Gasteiger partial charge in [-0.3, -0.25) is 29.3 Å². The number of amides is 5. The SMILES string of the molecule is Nc1nnc(-c2ccccc2O)cc1N1CCN(C(=O)CCCCCCC(=O)Nc2cccc3c2CN(C2CCC(=O)NC2=O)C3=O)CC1. The van der Waals surface area contributed by atoms with Crippen LogP contribution in [0.25, 0.3) is 11.3 Å². The van der Waals surface area contributed by atoms with Gasteiger partial charge in [0.25, 0.3) is 5.91 Å². The number of phenolic OH excluding ortho intramolecular Hbond substituents is 1. The van der Waals surface area contributed by atoms with E-state index in [1.807, 2.05) is 17.0 Å². The van der Waals surface area contributed by atoms with Crippen LogP contribution in [-0.4, -0.2) is 86.9 Å². The second-order valence-electron chi connectivity index (χ2n) is 12.6. The highest BCUT2D eigenvalue weighted by Crippen LogP contribution is 2.33. The molecule has 14 heteroatoms. The van der Waals surface area contributed by atoms with Gasteiger partial charge in [-0.2, -0.15) is 0 Å². The van der Waals surface area contributed by atoms with E-state index in [-0.39, 0.29) is 48.8 Å². The minimum absolute atomic E-state index is 0.104. The number of aromatic hydroxyl groups is 1. The van der Waals surface area contributed by atoms with Gasteiger partial charge in [-0.05, 0) is 49.6 Å². The van der Waals surface area contributed by atoms with Gasteiger partial charge < -0.3 is 30.9 Å². The first-order valence-electron chi connectivity index (χ1n) is 16.7. The molecule has 1 unspecified atom stereocenters. The Morgan fingerprint density at radius 3 is 2.41 bits per heavy atom. The number of hydrogen-bond donors (Lipinski definition) is 4. The van der Waals surface area contributed by atoms with E-state index in [2.05, 4.69) is 25.7 Å². The number of para-hydroxylation sites is 1. The van der Waals surface area contributed by atoms with Crippen molar-refractivity contribution in [1.82, 2.24) is 25.3 Å². The summed E-state index contributed by atoms with van der Waals surface area (Å²) in [5, 5.41) is 23.7. The molecule has 14 nitrogen and oxygen atoms in total. The lowest BCUT2D eigenvalue weighted by Gasteiger charge is -2.36. The molecule has 0 spiro atoms. The largest absolute Gasteiger partial charge is 0.507 e. The maximum absolute atomic E-state index is 13.0.